The Bertz CT molecular complexity index is 2070. The van der Waals surface area contributed by atoms with Gasteiger partial charge >= 0.3 is 6.09 Å². The minimum Gasteiger partial charge on any atom is -0.444 e. The van der Waals surface area contributed by atoms with E-state index in [-0.39, 0.29) is 36.6 Å². The minimum atomic E-state index is -4.25. The number of amides is 4. The van der Waals surface area contributed by atoms with E-state index in [1.54, 1.807) is 43.8 Å². The van der Waals surface area contributed by atoms with E-state index in [9.17, 15) is 27.6 Å². The summed E-state index contributed by atoms with van der Waals surface area (Å²) < 4.78 is 35.6. The van der Waals surface area contributed by atoms with Crippen LogP contribution >= 0.6 is 0 Å². The number of carbonyl (C=O) groups is 4. The largest absolute Gasteiger partial charge is 0.444 e. The molecule has 1 fully saturated rings. The summed E-state index contributed by atoms with van der Waals surface area (Å²) in [5, 5.41) is 14.1. The van der Waals surface area contributed by atoms with Crippen LogP contribution in [0, 0.1) is 12.8 Å². The molecule has 4 atom stereocenters. The Hall–Kier alpha value is -5.57. The summed E-state index contributed by atoms with van der Waals surface area (Å²) >= 11 is 0. The first kappa shape index (κ1) is 40.6. The molecule has 0 saturated carbocycles. The first-order valence-corrected chi connectivity index (χ1v) is 19.7. The van der Waals surface area contributed by atoms with Crippen LogP contribution in [-0.4, -0.2) is 82.4 Å². The van der Waals surface area contributed by atoms with Gasteiger partial charge < -0.3 is 20.3 Å². The number of aromatic nitrogens is 3. The van der Waals surface area contributed by atoms with Gasteiger partial charge in [-0.1, -0.05) is 97.4 Å². The Morgan fingerprint density at radius 3 is 2.15 bits per heavy atom. The van der Waals surface area contributed by atoms with Gasteiger partial charge in [-0.15, -0.1) is 5.10 Å². The number of hydrogen-bond acceptors (Lipinski definition) is 9. The summed E-state index contributed by atoms with van der Waals surface area (Å²) in [6.07, 6.45) is 1.26. The molecule has 0 spiro atoms. The number of nitrogens with zero attached hydrogens (tertiary/aromatic N) is 4. The number of alkyl carbamates (subject to hydrolysis) is 1. The standard InChI is InChI=1S/C40H49N7O7S/c1-26(2)21-32(36(48)44-55(52,53)31-19-17-27(3)18-20-31)41-37(49)35-23-30(47-25-34(43-45-47)29-15-11-8-12-16-29)24-46(35)38(50)33(22-28-13-9-7-10-14-28)42-39(51)54-40(4,5)6/h7-20,25-26,30,32-33,35H,21-24H2,1-6H3,(H,41,49)(H,42,51)(H,44,48)/t30-,32-,33-,35-/m0/s1. The van der Waals surface area contributed by atoms with Crippen LogP contribution < -0.4 is 15.4 Å². The highest BCUT2D eigenvalue weighted by Gasteiger charge is 2.44. The fourth-order valence-electron chi connectivity index (χ4n) is 6.34. The van der Waals surface area contributed by atoms with Gasteiger partial charge in [0.15, 0.2) is 0 Å². The third kappa shape index (κ3) is 11.0. The quantitative estimate of drug-likeness (QED) is 0.176. The fourth-order valence-corrected chi connectivity index (χ4v) is 7.36. The molecule has 0 aliphatic carbocycles. The van der Waals surface area contributed by atoms with Gasteiger partial charge in [0, 0.05) is 24.9 Å². The number of benzene rings is 3. The molecular weight excluding hydrogens is 723 g/mol. The first-order valence-electron chi connectivity index (χ1n) is 18.2. The third-order valence-electron chi connectivity index (χ3n) is 9.00. The smallest absolute Gasteiger partial charge is 0.408 e. The summed E-state index contributed by atoms with van der Waals surface area (Å²) in [5.41, 5.74) is 2.21. The number of likely N-dealkylation sites (tertiary alicyclic amines) is 1. The van der Waals surface area contributed by atoms with Crippen molar-refractivity contribution in [3.63, 3.8) is 0 Å². The molecular formula is C40H49N7O7S. The molecule has 1 aliphatic heterocycles. The molecule has 0 unspecified atom stereocenters. The van der Waals surface area contributed by atoms with Gasteiger partial charge in [-0.2, -0.15) is 0 Å². The Balaban J connectivity index is 1.45. The van der Waals surface area contributed by atoms with Crippen molar-refractivity contribution in [2.75, 3.05) is 6.54 Å². The molecule has 0 radical (unpaired) electrons. The second kappa shape index (κ2) is 17.3. The summed E-state index contributed by atoms with van der Waals surface area (Å²) in [7, 11) is -4.25. The zero-order valence-corrected chi connectivity index (χ0v) is 32.7. The molecule has 15 heteroatoms. The Morgan fingerprint density at radius 2 is 1.53 bits per heavy atom. The van der Waals surface area contributed by atoms with Crippen LogP contribution in [0.3, 0.4) is 0 Å². The van der Waals surface area contributed by atoms with Gasteiger partial charge in [0.2, 0.25) is 11.8 Å². The van der Waals surface area contributed by atoms with Crippen molar-refractivity contribution < 1.29 is 32.3 Å². The molecule has 3 N–H and O–H groups in total. The maximum absolute atomic E-state index is 14.6. The van der Waals surface area contributed by atoms with Gasteiger partial charge in [-0.3, -0.25) is 14.4 Å². The lowest BCUT2D eigenvalue weighted by atomic mass is 10.0. The Labute approximate surface area is 322 Å². The summed E-state index contributed by atoms with van der Waals surface area (Å²) in [6.45, 7) is 10.7. The van der Waals surface area contributed by atoms with Gasteiger partial charge in [-0.05, 0) is 57.7 Å². The molecule has 2 heterocycles. The van der Waals surface area contributed by atoms with Crippen LogP contribution in [0.5, 0.6) is 0 Å². The Morgan fingerprint density at radius 1 is 0.891 bits per heavy atom. The zero-order valence-electron chi connectivity index (χ0n) is 31.9. The van der Waals surface area contributed by atoms with E-state index >= 15 is 0 Å². The van der Waals surface area contributed by atoms with Crippen LogP contribution in [0.2, 0.25) is 0 Å². The number of ether oxygens (including phenoxy) is 1. The highest BCUT2D eigenvalue weighted by molar-refractivity contribution is 7.90. The summed E-state index contributed by atoms with van der Waals surface area (Å²) in [6, 6.07) is 20.6. The lowest BCUT2D eigenvalue weighted by Gasteiger charge is -2.30. The van der Waals surface area contributed by atoms with Crippen molar-refractivity contribution in [2.24, 2.45) is 5.92 Å². The maximum atomic E-state index is 14.6. The predicted molar refractivity (Wildman–Crippen MR) is 206 cm³/mol. The number of carbonyl (C=O) groups excluding carboxylic acids is 4. The predicted octanol–water partition coefficient (Wildman–Crippen LogP) is 4.57. The maximum Gasteiger partial charge on any atom is 0.408 e. The van der Waals surface area contributed by atoms with Crippen LogP contribution in [0.1, 0.15) is 64.6 Å². The SMILES string of the molecule is Cc1ccc(S(=O)(=O)NC(=O)[C@H](CC(C)C)NC(=O)[C@@H]2C[C@H](n3cc(-c4ccccc4)nn3)CN2C(=O)[C@H](Cc2ccccc2)NC(=O)OC(C)(C)C)cc1. The molecule has 3 aromatic carbocycles. The highest BCUT2D eigenvalue weighted by Crippen LogP contribution is 2.30. The number of hydrogen-bond donors (Lipinski definition) is 3. The van der Waals surface area contributed by atoms with E-state index in [0.717, 1.165) is 16.7 Å². The van der Waals surface area contributed by atoms with Gasteiger partial charge in [0.25, 0.3) is 15.9 Å². The van der Waals surface area contributed by atoms with E-state index in [1.165, 1.54) is 17.0 Å². The minimum absolute atomic E-state index is 0.0264. The van der Waals surface area contributed by atoms with E-state index in [0.29, 0.717) is 5.69 Å². The number of sulfonamides is 1. The average molecular weight is 772 g/mol. The van der Waals surface area contributed by atoms with Gasteiger partial charge in [0.05, 0.1) is 17.1 Å². The molecule has 4 aromatic rings. The van der Waals surface area contributed by atoms with E-state index in [4.69, 9.17) is 4.74 Å². The molecule has 1 saturated heterocycles. The van der Waals surface area contributed by atoms with Crippen molar-refractivity contribution in [2.45, 2.75) is 95.5 Å². The second-order valence-corrected chi connectivity index (χ2v) is 16.9. The van der Waals surface area contributed by atoms with Crippen molar-refractivity contribution in [1.29, 1.82) is 0 Å². The molecule has 5 rings (SSSR count). The molecule has 292 valence electrons. The highest BCUT2D eigenvalue weighted by atomic mass is 32.2. The van der Waals surface area contributed by atoms with Crippen molar-refractivity contribution in [3.05, 3.63) is 102 Å². The van der Waals surface area contributed by atoms with Crippen LogP contribution in [0.15, 0.2) is 96.0 Å². The molecule has 14 nitrogen and oxygen atoms in total. The first-order chi connectivity index (χ1) is 26.0. The number of rotatable bonds is 13. The monoisotopic (exact) mass is 771 g/mol. The summed E-state index contributed by atoms with van der Waals surface area (Å²) in [5.74, 6) is -2.24. The fraction of sp³-hybridized carbons (Fsp3) is 0.400. The third-order valence-corrected chi connectivity index (χ3v) is 10.4. The lowest BCUT2D eigenvalue weighted by Crippen LogP contribution is -2.57. The van der Waals surface area contributed by atoms with Crippen molar-refractivity contribution in [1.82, 2.24) is 35.2 Å². The lowest BCUT2D eigenvalue weighted by molar-refractivity contribution is -0.140. The van der Waals surface area contributed by atoms with Crippen LogP contribution in [0.25, 0.3) is 11.3 Å². The van der Waals surface area contributed by atoms with Gasteiger partial charge in [-0.25, -0.2) is 22.6 Å². The van der Waals surface area contributed by atoms with E-state index < -0.39 is 63.6 Å². The molecule has 55 heavy (non-hydrogen) atoms. The van der Waals surface area contributed by atoms with E-state index in [2.05, 4.69) is 25.7 Å². The van der Waals surface area contributed by atoms with Crippen LogP contribution in [-0.2, 0) is 35.6 Å². The van der Waals surface area contributed by atoms with E-state index in [1.807, 2.05) is 81.4 Å². The normalized spacial score (nSPS) is 17.0. The average Bonchev–Trinajstić information content (AvgIpc) is 3.79. The number of aryl methyl sites for hydroxylation is 1. The second-order valence-electron chi connectivity index (χ2n) is 15.2. The molecule has 1 aliphatic rings. The molecule has 0 bridgehead atoms. The zero-order chi connectivity index (χ0) is 39.9. The van der Waals surface area contributed by atoms with Crippen molar-refractivity contribution in [3.8, 4) is 11.3 Å². The number of nitrogens with one attached hydrogen (secondary N) is 3. The molecule has 4 amide bonds. The van der Waals surface area contributed by atoms with Crippen LogP contribution in [0.4, 0.5) is 4.79 Å². The van der Waals surface area contributed by atoms with Crippen molar-refractivity contribution >= 4 is 33.8 Å². The summed E-state index contributed by atoms with van der Waals surface area (Å²) in [4.78, 5) is 56.9. The molecule has 1 aromatic heterocycles. The Kier molecular flexibility index (Phi) is 12.8. The van der Waals surface area contributed by atoms with Gasteiger partial charge in [0.1, 0.15) is 29.4 Å². The topological polar surface area (TPSA) is 182 Å².